The lowest BCUT2D eigenvalue weighted by atomic mass is 10.0. The van der Waals surface area contributed by atoms with Crippen LogP contribution in [-0.4, -0.2) is 46.5 Å². The monoisotopic (exact) mass is 237 g/mol. The molecular weight excluding hydrogens is 214 g/mol. The zero-order valence-corrected chi connectivity index (χ0v) is 11.0. The minimum absolute atomic E-state index is 0.256. The summed E-state index contributed by atoms with van der Waals surface area (Å²) in [5.74, 6) is 1.02. The number of likely N-dealkylation sites (tertiary alicyclic amines) is 1. The Labute approximate surface area is 103 Å². The third-order valence-electron chi connectivity index (χ3n) is 4.99. The first kappa shape index (κ1) is 11.5. The summed E-state index contributed by atoms with van der Waals surface area (Å²) < 4.78 is 0. The summed E-state index contributed by atoms with van der Waals surface area (Å²) >= 11 is 0. The minimum atomic E-state index is 0.256. The highest BCUT2D eigenvalue weighted by Gasteiger charge is 2.61. The second kappa shape index (κ2) is 3.95. The van der Waals surface area contributed by atoms with Crippen molar-refractivity contribution in [2.24, 2.45) is 5.92 Å². The Kier molecular flexibility index (Phi) is 2.67. The molecule has 2 heterocycles. The predicted molar refractivity (Wildman–Crippen MR) is 66.2 cm³/mol. The van der Waals surface area contributed by atoms with E-state index < -0.39 is 0 Å². The van der Waals surface area contributed by atoms with Gasteiger partial charge in [-0.1, -0.05) is 13.8 Å². The standard InChI is InChI=1S/C13H23N3O/c1-4-8(3)15-7-9-6-10-13(15)12(9)14-16(10)11(17)5-2/h8-10,12-14H,4-7H2,1-3H3/t8?,9?,10-,12?,13?/m0/s1. The number of piperidine rings is 1. The molecule has 0 aromatic heterocycles. The van der Waals surface area contributed by atoms with Gasteiger partial charge in [0.15, 0.2) is 0 Å². The summed E-state index contributed by atoms with van der Waals surface area (Å²) in [6, 6.07) is 2.18. The minimum Gasteiger partial charge on any atom is -0.294 e. The number of carbonyl (C=O) groups is 1. The largest absolute Gasteiger partial charge is 0.294 e. The van der Waals surface area contributed by atoms with Crippen LogP contribution in [0.25, 0.3) is 0 Å². The summed E-state index contributed by atoms with van der Waals surface area (Å²) in [5.41, 5.74) is 3.45. The molecule has 4 nitrogen and oxygen atoms in total. The van der Waals surface area contributed by atoms with Crippen molar-refractivity contribution in [1.29, 1.82) is 0 Å². The maximum Gasteiger partial charge on any atom is 0.236 e. The zero-order valence-electron chi connectivity index (χ0n) is 11.0. The SMILES string of the molecule is CCC(=O)N1NC2C3C[C@H]1C2N(C(C)CC)C3. The van der Waals surface area contributed by atoms with Gasteiger partial charge < -0.3 is 0 Å². The molecule has 4 heteroatoms. The Hall–Kier alpha value is -0.610. The van der Waals surface area contributed by atoms with Crippen molar-refractivity contribution >= 4 is 5.91 Å². The summed E-state index contributed by atoms with van der Waals surface area (Å²) in [5, 5.41) is 1.93. The topological polar surface area (TPSA) is 35.6 Å². The van der Waals surface area contributed by atoms with E-state index in [0.29, 0.717) is 30.6 Å². The molecule has 4 unspecified atom stereocenters. The highest BCUT2D eigenvalue weighted by Crippen LogP contribution is 2.45. The lowest BCUT2D eigenvalue weighted by molar-refractivity contribution is -0.137. The first-order valence-electron chi connectivity index (χ1n) is 7.01. The average Bonchev–Trinajstić information content (AvgIpc) is 3.00. The first-order valence-corrected chi connectivity index (χ1v) is 7.01. The van der Waals surface area contributed by atoms with E-state index in [0.717, 1.165) is 5.92 Å². The van der Waals surface area contributed by atoms with Crippen molar-refractivity contribution in [2.75, 3.05) is 6.54 Å². The second-order valence-corrected chi connectivity index (χ2v) is 5.78. The van der Waals surface area contributed by atoms with Gasteiger partial charge >= 0.3 is 0 Å². The van der Waals surface area contributed by atoms with Crippen LogP contribution in [0.5, 0.6) is 0 Å². The fourth-order valence-corrected chi connectivity index (χ4v) is 3.95. The highest BCUT2D eigenvalue weighted by molar-refractivity contribution is 5.76. The summed E-state index contributed by atoms with van der Waals surface area (Å²) in [4.78, 5) is 14.5. The number of hydrogen-bond acceptors (Lipinski definition) is 3. The van der Waals surface area contributed by atoms with E-state index in [1.165, 1.54) is 19.4 Å². The highest BCUT2D eigenvalue weighted by atomic mass is 16.2. The van der Waals surface area contributed by atoms with Crippen molar-refractivity contribution in [3.05, 3.63) is 0 Å². The third kappa shape index (κ3) is 1.47. The summed E-state index contributed by atoms with van der Waals surface area (Å²) in [6.07, 6.45) is 3.02. The zero-order chi connectivity index (χ0) is 12.2. The van der Waals surface area contributed by atoms with Crippen LogP contribution in [0.2, 0.25) is 0 Å². The maximum absolute atomic E-state index is 11.9. The molecule has 2 aliphatic heterocycles. The molecule has 96 valence electrons. The Balaban J connectivity index is 1.78. The molecule has 3 rings (SSSR count). The quantitative estimate of drug-likeness (QED) is 0.795. The molecule has 1 saturated carbocycles. The molecular formula is C13H23N3O. The smallest absolute Gasteiger partial charge is 0.236 e. The second-order valence-electron chi connectivity index (χ2n) is 5.78. The van der Waals surface area contributed by atoms with Gasteiger partial charge in [0.05, 0.1) is 6.04 Å². The van der Waals surface area contributed by atoms with Gasteiger partial charge in [-0.3, -0.25) is 14.7 Å². The van der Waals surface area contributed by atoms with Gasteiger partial charge in [0.2, 0.25) is 5.91 Å². The molecule has 0 aromatic rings. The van der Waals surface area contributed by atoms with Crippen LogP contribution < -0.4 is 5.43 Å². The molecule has 0 spiro atoms. The molecule has 3 fully saturated rings. The molecule has 0 radical (unpaired) electrons. The van der Waals surface area contributed by atoms with Crippen LogP contribution in [0.15, 0.2) is 0 Å². The van der Waals surface area contributed by atoms with Gasteiger partial charge in [0.1, 0.15) is 0 Å². The number of rotatable bonds is 3. The van der Waals surface area contributed by atoms with Crippen LogP contribution in [0.1, 0.15) is 40.0 Å². The van der Waals surface area contributed by atoms with Crippen LogP contribution in [-0.2, 0) is 4.79 Å². The van der Waals surface area contributed by atoms with Crippen LogP contribution in [0.4, 0.5) is 0 Å². The van der Waals surface area contributed by atoms with Crippen LogP contribution in [0.3, 0.4) is 0 Å². The Bertz CT molecular complexity index is 333. The molecule has 0 aromatic carbocycles. The van der Waals surface area contributed by atoms with E-state index >= 15 is 0 Å². The molecule has 5 atom stereocenters. The number of hydrogen-bond donors (Lipinski definition) is 1. The van der Waals surface area contributed by atoms with E-state index in [1.54, 1.807) is 0 Å². The Morgan fingerprint density at radius 2 is 2.24 bits per heavy atom. The van der Waals surface area contributed by atoms with Crippen molar-refractivity contribution < 1.29 is 4.79 Å². The number of nitrogens with one attached hydrogen (secondary N) is 1. The van der Waals surface area contributed by atoms with Crippen molar-refractivity contribution in [2.45, 2.75) is 64.2 Å². The van der Waals surface area contributed by atoms with Crippen molar-refractivity contribution in [3.63, 3.8) is 0 Å². The van der Waals surface area contributed by atoms with Gasteiger partial charge in [-0.2, -0.15) is 0 Å². The van der Waals surface area contributed by atoms with E-state index in [4.69, 9.17) is 0 Å². The van der Waals surface area contributed by atoms with E-state index in [-0.39, 0.29) is 5.91 Å². The summed E-state index contributed by atoms with van der Waals surface area (Å²) in [7, 11) is 0. The summed E-state index contributed by atoms with van der Waals surface area (Å²) in [6.45, 7) is 7.73. The third-order valence-corrected chi connectivity index (χ3v) is 4.99. The molecule has 2 saturated heterocycles. The van der Waals surface area contributed by atoms with Crippen molar-refractivity contribution in [3.8, 4) is 0 Å². The van der Waals surface area contributed by atoms with Gasteiger partial charge in [0, 0.05) is 31.1 Å². The van der Waals surface area contributed by atoms with Gasteiger partial charge in [-0.15, -0.1) is 0 Å². The van der Waals surface area contributed by atoms with E-state index in [1.807, 2.05) is 11.9 Å². The van der Waals surface area contributed by atoms with Crippen molar-refractivity contribution in [1.82, 2.24) is 15.3 Å². The number of amides is 1. The molecule has 3 aliphatic rings. The maximum atomic E-state index is 11.9. The van der Waals surface area contributed by atoms with E-state index in [9.17, 15) is 4.79 Å². The Morgan fingerprint density at radius 1 is 1.47 bits per heavy atom. The first-order chi connectivity index (χ1) is 8.17. The lowest BCUT2D eigenvalue weighted by Gasteiger charge is -2.39. The lowest BCUT2D eigenvalue weighted by Crippen LogP contribution is -2.54. The fourth-order valence-electron chi connectivity index (χ4n) is 3.95. The average molecular weight is 237 g/mol. The number of carbonyl (C=O) groups excluding carboxylic acids is 1. The molecule has 1 amide bonds. The fraction of sp³-hybridized carbons (Fsp3) is 0.923. The molecule has 1 aliphatic carbocycles. The predicted octanol–water partition coefficient (Wildman–Crippen LogP) is 0.983. The van der Waals surface area contributed by atoms with Crippen LogP contribution >= 0.6 is 0 Å². The van der Waals surface area contributed by atoms with Gasteiger partial charge in [-0.25, -0.2) is 5.43 Å². The molecule has 17 heavy (non-hydrogen) atoms. The molecule has 1 N–H and O–H groups in total. The van der Waals surface area contributed by atoms with Crippen LogP contribution in [0, 0.1) is 5.92 Å². The van der Waals surface area contributed by atoms with Gasteiger partial charge in [0.25, 0.3) is 0 Å². The van der Waals surface area contributed by atoms with Gasteiger partial charge in [-0.05, 0) is 25.7 Å². The number of hydrazine groups is 1. The molecule has 4 bridgehead atoms. The normalized spacial score (nSPS) is 41.2. The van der Waals surface area contributed by atoms with E-state index in [2.05, 4.69) is 24.2 Å². The number of nitrogens with zero attached hydrogens (tertiary/aromatic N) is 2. The Morgan fingerprint density at radius 3 is 2.88 bits per heavy atom.